The molecule has 0 amide bonds. The highest BCUT2D eigenvalue weighted by atomic mass is 16.5. The fraction of sp³-hybridized carbons (Fsp3) is 0.262. The van der Waals surface area contributed by atoms with Gasteiger partial charge in [0.2, 0.25) is 0 Å². The molecule has 5 nitrogen and oxygen atoms in total. The molecule has 8 bridgehead atoms. The molecule has 0 spiro atoms. The van der Waals surface area contributed by atoms with Gasteiger partial charge in [0.05, 0.1) is 6.61 Å². The van der Waals surface area contributed by atoms with Gasteiger partial charge in [-0.1, -0.05) is 61.4 Å². The zero-order valence-electron chi connectivity index (χ0n) is 26.9. The van der Waals surface area contributed by atoms with Crippen LogP contribution in [0.4, 0.5) is 0 Å². The van der Waals surface area contributed by atoms with Crippen molar-refractivity contribution in [3.63, 3.8) is 0 Å². The second-order valence-electron chi connectivity index (χ2n) is 13.1. The summed E-state index contributed by atoms with van der Waals surface area (Å²) < 4.78 is 11.0. The number of carbonyl (C=O) groups is 1. The Balaban J connectivity index is 1.05. The Morgan fingerprint density at radius 2 is 1.13 bits per heavy atom. The summed E-state index contributed by atoms with van der Waals surface area (Å²) in [5, 5.41) is 5.43. The van der Waals surface area contributed by atoms with Gasteiger partial charge in [-0.25, -0.2) is 0 Å². The Morgan fingerprint density at radius 1 is 0.574 bits per heavy atom. The quantitative estimate of drug-likeness (QED) is 0.119. The third kappa shape index (κ3) is 5.92. The monoisotopic (exact) mass is 619 g/mol. The molecule has 6 heterocycles. The molecule has 0 atom stereocenters. The highest BCUT2D eigenvalue weighted by Gasteiger charge is 2.16. The van der Waals surface area contributed by atoms with E-state index in [0.717, 1.165) is 70.4 Å². The van der Waals surface area contributed by atoms with E-state index in [-0.39, 0.29) is 0 Å². The standard InChI is InChI=1S/C42H41N3O2/c46-30-31-14-18-34(19-15-31)47-25-8-2-1-7-22-43-28-32-16-20-41-37(26-32)35-10-3-5-12-39(35)44(41)23-9-24-45-40-13-6-4-11-36(40)38-27-33(29-43)17-21-42(38)45/h3-6,10-21,26-27,30H,1-2,7-9,22-25,28-29H2. The minimum absolute atomic E-state index is 0.675. The van der Waals surface area contributed by atoms with Gasteiger partial charge >= 0.3 is 0 Å². The molecule has 0 N–H and O–H groups in total. The molecule has 5 heteroatoms. The predicted molar refractivity (Wildman–Crippen MR) is 193 cm³/mol. The van der Waals surface area contributed by atoms with E-state index in [1.54, 1.807) is 12.1 Å². The number of aldehydes is 1. The van der Waals surface area contributed by atoms with Gasteiger partial charge in [0.15, 0.2) is 0 Å². The lowest BCUT2D eigenvalue weighted by molar-refractivity contribution is 0.112. The maximum atomic E-state index is 10.9. The largest absolute Gasteiger partial charge is 0.494 e. The summed E-state index contributed by atoms with van der Waals surface area (Å²) in [6.07, 6.45) is 6.41. The number of aryl methyl sites for hydroxylation is 2. The van der Waals surface area contributed by atoms with Crippen molar-refractivity contribution < 1.29 is 9.53 Å². The van der Waals surface area contributed by atoms with Crippen molar-refractivity contribution in [3.05, 3.63) is 126 Å². The molecule has 47 heavy (non-hydrogen) atoms. The van der Waals surface area contributed by atoms with E-state index < -0.39 is 0 Å². The molecule has 0 saturated heterocycles. The number of aromatic nitrogens is 2. The first-order valence-electron chi connectivity index (χ1n) is 17.2. The minimum atomic E-state index is 0.675. The van der Waals surface area contributed by atoms with Crippen LogP contribution in [0.2, 0.25) is 0 Å². The number of fused-ring (bicyclic) bond motifs is 2. The molecule has 5 aromatic carbocycles. The highest BCUT2D eigenvalue weighted by Crippen LogP contribution is 2.33. The predicted octanol–water partition coefficient (Wildman–Crippen LogP) is 9.76. The molecule has 0 unspecified atom stereocenters. The molecule has 0 aliphatic carbocycles. The minimum Gasteiger partial charge on any atom is -0.494 e. The Bertz CT molecular complexity index is 2070. The first kappa shape index (κ1) is 29.5. The van der Waals surface area contributed by atoms with Crippen LogP contribution < -0.4 is 4.74 Å². The van der Waals surface area contributed by atoms with Crippen molar-refractivity contribution in [3.8, 4) is 5.75 Å². The van der Waals surface area contributed by atoms with Crippen LogP contribution in [-0.2, 0) is 26.2 Å². The van der Waals surface area contributed by atoms with Crippen molar-refractivity contribution in [2.45, 2.75) is 58.3 Å². The Hall–Kier alpha value is -4.87. The molecule has 0 fully saturated rings. The first-order chi connectivity index (χ1) is 23.2. The smallest absolute Gasteiger partial charge is 0.150 e. The van der Waals surface area contributed by atoms with E-state index in [4.69, 9.17) is 4.74 Å². The first-order valence-corrected chi connectivity index (χ1v) is 17.2. The molecular formula is C42H41N3O2. The number of rotatable bonds is 9. The van der Waals surface area contributed by atoms with Gasteiger partial charge in [0.1, 0.15) is 12.0 Å². The molecule has 2 aromatic heterocycles. The molecule has 236 valence electrons. The van der Waals surface area contributed by atoms with Crippen molar-refractivity contribution >= 4 is 49.9 Å². The van der Waals surface area contributed by atoms with Crippen LogP contribution in [0.15, 0.2) is 109 Å². The Labute approximate surface area is 276 Å². The van der Waals surface area contributed by atoms with Gasteiger partial charge in [-0.05, 0) is 97.6 Å². The zero-order chi connectivity index (χ0) is 31.6. The summed E-state index contributed by atoms with van der Waals surface area (Å²) in [6, 6.07) is 39.5. The van der Waals surface area contributed by atoms with Crippen molar-refractivity contribution in [1.29, 1.82) is 0 Å². The summed E-state index contributed by atoms with van der Waals surface area (Å²) in [6.45, 7) is 5.57. The number of hydrogen-bond acceptors (Lipinski definition) is 3. The van der Waals surface area contributed by atoms with Crippen molar-refractivity contribution in [1.82, 2.24) is 14.0 Å². The van der Waals surface area contributed by atoms with Crippen LogP contribution in [0.5, 0.6) is 5.75 Å². The fourth-order valence-corrected chi connectivity index (χ4v) is 7.62. The van der Waals surface area contributed by atoms with Gasteiger partial charge in [-0.2, -0.15) is 0 Å². The van der Waals surface area contributed by atoms with E-state index >= 15 is 0 Å². The number of hydrogen-bond donors (Lipinski definition) is 0. The van der Waals surface area contributed by atoms with E-state index in [0.29, 0.717) is 12.2 Å². The van der Waals surface area contributed by atoms with Crippen molar-refractivity contribution in [2.24, 2.45) is 0 Å². The van der Waals surface area contributed by atoms with E-state index in [9.17, 15) is 4.79 Å². The molecule has 0 radical (unpaired) electrons. The lowest BCUT2D eigenvalue weighted by atomic mass is 10.1. The van der Waals surface area contributed by atoms with Gasteiger partial charge in [0.25, 0.3) is 0 Å². The molecule has 7 aromatic rings. The molecule has 0 saturated carbocycles. The third-order valence-electron chi connectivity index (χ3n) is 9.90. The van der Waals surface area contributed by atoms with Crippen LogP contribution in [0.25, 0.3) is 43.6 Å². The van der Waals surface area contributed by atoms with E-state index in [2.05, 4.69) is 99.0 Å². The van der Waals surface area contributed by atoms with Crippen LogP contribution in [0.1, 0.15) is 53.6 Å². The van der Waals surface area contributed by atoms with Crippen LogP contribution >= 0.6 is 0 Å². The fourth-order valence-electron chi connectivity index (χ4n) is 7.62. The van der Waals surface area contributed by atoms with Crippen LogP contribution in [-0.4, -0.2) is 33.5 Å². The van der Waals surface area contributed by atoms with E-state index in [1.807, 2.05) is 12.1 Å². The zero-order valence-corrected chi connectivity index (χ0v) is 26.9. The number of unbranched alkanes of at least 4 members (excludes halogenated alkanes) is 3. The number of benzene rings is 5. The SMILES string of the molecule is O=Cc1ccc(OCCCCCCN2Cc3ccc4c(c3)c3ccccc3n4CCCn3c4ccccc4c4cc(ccc43)C2)cc1. The number of carbonyl (C=O) groups excluding carboxylic acids is 1. The van der Waals surface area contributed by atoms with Crippen LogP contribution in [0, 0.1) is 0 Å². The van der Waals surface area contributed by atoms with Gasteiger partial charge in [-0.15, -0.1) is 0 Å². The lowest BCUT2D eigenvalue weighted by Crippen LogP contribution is -2.24. The summed E-state index contributed by atoms with van der Waals surface area (Å²) in [7, 11) is 0. The average Bonchev–Trinajstić information content (AvgIpc) is 3.59. The highest BCUT2D eigenvalue weighted by molar-refractivity contribution is 6.09. The normalized spacial score (nSPS) is 14.0. The number of nitrogens with zero attached hydrogens (tertiary/aromatic N) is 3. The summed E-state index contributed by atoms with van der Waals surface area (Å²) in [4.78, 5) is 13.5. The van der Waals surface area contributed by atoms with Crippen molar-refractivity contribution in [2.75, 3.05) is 13.2 Å². The van der Waals surface area contributed by atoms with Gasteiger partial charge in [0, 0.05) is 75.4 Å². The molecular weight excluding hydrogens is 578 g/mol. The Morgan fingerprint density at radius 3 is 1.72 bits per heavy atom. The number of para-hydroxylation sites is 2. The second kappa shape index (κ2) is 13.1. The molecule has 4 aliphatic rings. The summed E-state index contributed by atoms with van der Waals surface area (Å²) in [5.74, 6) is 0.827. The van der Waals surface area contributed by atoms with Gasteiger partial charge < -0.3 is 13.9 Å². The van der Waals surface area contributed by atoms with E-state index in [1.165, 1.54) is 61.2 Å². The maximum Gasteiger partial charge on any atom is 0.150 e. The topological polar surface area (TPSA) is 39.4 Å². The van der Waals surface area contributed by atoms with Crippen LogP contribution in [0.3, 0.4) is 0 Å². The molecule has 11 rings (SSSR count). The lowest BCUT2D eigenvalue weighted by Gasteiger charge is -2.23. The number of ether oxygens (including phenoxy) is 1. The third-order valence-corrected chi connectivity index (χ3v) is 9.90. The average molecular weight is 620 g/mol. The summed E-state index contributed by atoms with van der Waals surface area (Å²) >= 11 is 0. The summed E-state index contributed by atoms with van der Waals surface area (Å²) in [5.41, 5.74) is 8.75. The molecule has 4 aliphatic heterocycles. The maximum absolute atomic E-state index is 10.9. The Kier molecular flexibility index (Phi) is 8.22. The van der Waals surface area contributed by atoms with Gasteiger partial charge in [-0.3, -0.25) is 9.69 Å². The second-order valence-corrected chi connectivity index (χ2v) is 13.1.